The third-order valence-corrected chi connectivity index (χ3v) is 3.25. The first kappa shape index (κ1) is 15.8. The minimum absolute atomic E-state index is 0.168. The van der Waals surface area contributed by atoms with Crippen molar-refractivity contribution in [2.75, 3.05) is 19.7 Å². The molecule has 0 saturated carbocycles. The Morgan fingerprint density at radius 1 is 1.26 bits per heavy atom. The van der Waals surface area contributed by atoms with Crippen molar-refractivity contribution < 1.29 is 24.5 Å². The van der Waals surface area contributed by atoms with Crippen LogP contribution in [-0.4, -0.2) is 52.5 Å². The highest BCUT2D eigenvalue weighted by Crippen LogP contribution is 2.25. The van der Waals surface area contributed by atoms with Crippen LogP contribution in [0.25, 0.3) is 0 Å². The molecule has 2 N–H and O–H groups in total. The van der Waals surface area contributed by atoms with Crippen LogP contribution < -0.4 is 0 Å². The number of nitrogens with zero attached hydrogens (tertiary/aromatic N) is 1. The summed E-state index contributed by atoms with van der Waals surface area (Å²) >= 11 is 0. The number of hydrogen-bond acceptors (Lipinski definition) is 4. The maximum absolute atomic E-state index is 11.9. The highest BCUT2D eigenvalue weighted by atomic mass is 16.6. The Morgan fingerprint density at radius 2 is 1.84 bits per heavy atom. The van der Waals surface area contributed by atoms with E-state index in [9.17, 15) is 14.7 Å². The average molecular weight is 273 g/mol. The lowest BCUT2D eigenvalue weighted by Crippen LogP contribution is -2.37. The van der Waals surface area contributed by atoms with E-state index in [0.29, 0.717) is 25.9 Å². The lowest BCUT2D eigenvalue weighted by Gasteiger charge is -2.26. The summed E-state index contributed by atoms with van der Waals surface area (Å²) in [7, 11) is 0. The molecule has 6 nitrogen and oxygen atoms in total. The Balaban J connectivity index is 2.66. The van der Waals surface area contributed by atoms with E-state index in [1.54, 1.807) is 20.8 Å². The average Bonchev–Trinajstić information content (AvgIpc) is 2.48. The molecule has 1 fully saturated rings. The largest absolute Gasteiger partial charge is 0.481 e. The Kier molecular flexibility index (Phi) is 5.17. The summed E-state index contributed by atoms with van der Waals surface area (Å²) < 4.78 is 5.27. The van der Waals surface area contributed by atoms with Crippen molar-refractivity contribution in [2.24, 2.45) is 11.8 Å². The molecule has 2 atom stereocenters. The lowest BCUT2D eigenvalue weighted by molar-refractivity contribution is -0.144. The van der Waals surface area contributed by atoms with Crippen molar-refractivity contribution in [1.29, 1.82) is 0 Å². The topological polar surface area (TPSA) is 87.1 Å². The second kappa shape index (κ2) is 6.23. The molecule has 19 heavy (non-hydrogen) atoms. The lowest BCUT2D eigenvalue weighted by atomic mass is 9.89. The molecule has 0 aliphatic carbocycles. The van der Waals surface area contributed by atoms with Gasteiger partial charge in [0.25, 0.3) is 0 Å². The molecule has 0 radical (unpaired) electrons. The number of carbonyl (C=O) groups excluding carboxylic acids is 1. The standard InChI is InChI=1S/C13H23NO5/c1-13(2,3)19-12(18)14-6-4-9(8-15)10(5-7-14)11(16)17/h9-10,15H,4-8H2,1-3H3,(H,16,17). The SMILES string of the molecule is CC(C)(C)OC(=O)N1CCC(CO)C(C(=O)O)CC1. The van der Waals surface area contributed by atoms with Crippen LogP contribution in [-0.2, 0) is 9.53 Å². The van der Waals surface area contributed by atoms with E-state index in [2.05, 4.69) is 0 Å². The van der Waals surface area contributed by atoms with Gasteiger partial charge in [-0.2, -0.15) is 0 Å². The first-order valence-electron chi connectivity index (χ1n) is 6.56. The van der Waals surface area contributed by atoms with Gasteiger partial charge in [0.2, 0.25) is 0 Å². The summed E-state index contributed by atoms with van der Waals surface area (Å²) in [6, 6.07) is 0. The summed E-state index contributed by atoms with van der Waals surface area (Å²) in [5, 5.41) is 18.4. The minimum Gasteiger partial charge on any atom is -0.481 e. The summed E-state index contributed by atoms with van der Waals surface area (Å²) in [4.78, 5) is 24.6. The van der Waals surface area contributed by atoms with Crippen LogP contribution >= 0.6 is 0 Å². The number of aliphatic hydroxyl groups is 1. The fourth-order valence-corrected chi connectivity index (χ4v) is 2.22. The summed E-state index contributed by atoms with van der Waals surface area (Å²) in [6.45, 7) is 5.98. The highest BCUT2D eigenvalue weighted by Gasteiger charge is 2.33. The highest BCUT2D eigenvalue weighted by molar-refractivity contribution is 5.71. The van der Waals surface area contributed by atoms with E-state index in [1.165, 1.54) is 4.90 Å². The maximum atomic E-state index is 11.9. The van der Waals surface area contributed by atoms with Gasteiger partial charge in [-0.05, 0) is 39.5 Å². The second-order valence-corrected chi connectivity index (χ2v) is 5.93. The Hall–Kier alpha value is -1.30. The molecular formula is C13H23NO5. The zero-order chi connectivity index (χ0) is 14.6. The number of carbonyl (C=O) groups is 2. The Bertz CT molecular complexity index is 336. The fourth-order valence-electron chi connectivity index (χ4n) is 2.22. The molecular weight excluding hydrogens is 250 g/mol. The van der Waals surface area contributed by atoms with Crippen LogP contribution in [0.1, 0.15) is 33.6 Å². The summed E-state index contributed by atoms with van der Waals surface area (Å²) in [5.74, 6) is -1.81. The van der Waals surface area contributed by atoms with Gasteiger partial charge >= 0.3 is 12.1 Å². The normalized spacial score (nSPS) is 24.7. The monoisotopic (exact) mass is 273 g/mol. The van der Waals surface area contributed by atoms with Gasteiger partial charge in [-0.3, -0.25) is 4.79 Å². The van der Waals surface area contributed by atoms with Crippen molar-refractivity contribution >= 4 is 12.1 Å². The molecule has 1 amide bonds. The van der Waals surface area contributed by atoms with Gasteiger partial charge in [-0.25, -0.2) is 4.79 Å². The van der Waals surface area contributed by atoms with E-state index < -0.39 is 23.6 Å². The van der Waals surface area contributed by atoms with E-state index in [1.807, 2.05) is 0 Å². The third-order valence-electron chi connectivity index (χ3n) is 3.25. The van der Waals surface area contributed by atoms with Gasteiger partial charge in [-0.1, -0.05) is 0 Å². The predicted octanol–water partition coefficient (Wildman–Crippen LogP) is 1.33. The first-order chi connectivity index (χ1) is 8.74. The van der Waals surface area contributed by atoms with Gasteiger partial charge in [-0.15, -0.1) is 0 Å². The Labute approximate surface area is 113 Å². The third kappa shape index (κ3) is 4.70. The number of aliphatic hydroxyl groups excluding tert-OH is 1. The van der Waals surface area contributed by atoms with Crippen LogP contribution in [0.3, 0.4) is 0 Å². The zero-order valence-corrected chi connectivity index (χ0v) is 11.8. The van der Waals surface area contributed by atoms with E-state index in [4.69, 9.17) is 9.84 Å². The van der Waals surface area contributed by atoms with Crippen LogP contribution in [0.15, 0.2) is 0 Å². The van der Waals surface area contributed by atoms with E-state index in [0.717, 1.165) is 0 Å². The quantitative estimate of drug-likeness (QED) is 0.792. The molecule has 2 unspecified atom stereocenters. The smallest absolute Gasteiger partial charge is 0.410 e. The number of rotatable bonds is 2. The molecule has 0 aromatic carbocycles. The molecule has 1 aliphatic rings. The predicted molar refractivity (Wildman–Crippen MR) is 68.7 cm³/mol. The van der Waals surface area contributed by atoms with Gasteiger partial charge in [0.15, 0.2) is 0 Å². The van der Waals surface area contributed by atoms with Crippen LogP contribution in [0, 0.1) is 11.8 Å². The molecule has 110 valence electrons. The molecule has 1 heterocycles. The molecule has 1 rings (SSSR count). The molecule has 0 aromatic rings. The molecule has 0 spiro atoms. The first-order valence-corrected chi connectivity index (χ1v) is 6.56. The van der Waals surface area contributed by atoms with Crippen molar-refractivity contribution in [1.82, 2.24) is 4.90 Å². The number of hydrogen-bond donors (Lipinski definition) is 2. The van der Waals surface area contributed by atoms with E-state index in [-0.39, 0.29) is 12.5 Å². The zero-order valence-electron chi connectivity index (χ0n) is 11.8. The number of likely N-dealkylation sites (tertiary alicyclic amines) is 1. The number of ether oxygens (including phenoxy) is 1. The minimum atomic E-state index is -0.912. The Morgan fingerprint density at radius 3 is 2.32 bits per heavy atom. The van der Waals surface area contributed by atoms with Crippen molar-refractivity contribution in [3.8, 4) is 0 Å². The summed E-state index contributed by atoms with van der Waals surface area (Å²) in [5.41, 5.74) is -0.564. The second-order valence-electron chi connectivity index (χ2n) is 5.93. The van der Waals surface area contributed by atoms with Gasteiger partial charge in [0.05, 0.1) is 5.92 Å². The van der Waals surface area contributed by atoms with Gasteiger partial charge < -0.3 is 19.8 Å². The summed E-state index contributed by atoms with van der Waals surface area (Å²) in [6.07, 6.45) is 0.405. The maximum Gasteiger partial charge on any atom is 0.410 e. The number of carboxylic acid groups (broad SMARTS) is 1. The molecule has 0 aromatic heterocycles. The number of amides is 1. The fraction of sp³-hybridized carbons (Fsp3) is 0.846. The van der Waals surface area contributed by atoms with Crippen molar-refractivity contribution in [3.05, 3.63) is 0 Å². The molecule has 6 heteroatoms. The van der Waals surface area contributed by atoms with Crippen LogP contribution in [0.5, 0.6) is 0 Å². The van der Waals surface area contributed by atoms with Gasteiger partial charge in [0.1, 0.15) is 5.60 Å². The van der Waals surface area contributed by atoms with Crippen molar-refractivity contribution in [2.45, 2.75) is 39.2 Å². The van der Waals surface area contributed by atoms with E-state index >= 15 is 0 Å². The molecule has 1 aliphatic heterocycles. The van der Waals surface area contributed by atoms with Gasteiger partial charge in [0, 0.05) is 19.7 Å². The van der Waals surface area contributed by atoms with Crippen LogP contribution in [0.2, 0.25) is 0 Å². The molecule has 1 saturated heterocycles. The number of aliphatic carboxylic acids is 1. The van der Waals surface area contributed by atoms with Crippen molar-refractivity contribution in [3.63, 3.8) is 0 Å². The molecule has 0 bridgehead atoms. The van der Waals surface area contributed by atoms with Crippen LogP contribution in [0.4, 0.5) is 4.79 Å². The number of carboxylic acids is 1.